The number of amides is 1. The minimum absolute atomic E-state index is 0.0810. The average molecular weight is 385 g/mol. The van der Waals surface area contributed by atoms with Crippen molar-refractivity contribution in [2.45, 2.75) is 18.6 Å². The molecule has 1 spiro atoms. The minimum Gasteiger partial charge on any atom is -0.493 e. The lowest BCUT2D eigenvalue weighted by molar-refractivity contribution is -0.142. The van der Waals surface area contributed by atoms with Gasteiger partial charge in [0.1, 0.15) is 6.61 Å². The third-order valence-electron chi connectivity index (χ3n) is 4.55. The number of ether oxygens (including phenoxy) is 3. The van der Waals surface area contributed by atoms with Gasteiger partial charge in [-0.05, 0) is 24.1 Å². The molecule has 142 valence electrons. The van der Waals surface area contributed by atoms with E-state index in [2.05, 4.69) is 10.2 Å². The van der Waals surface area contributed by atoms with Gasteiger partial charge >= 0.3 is 5.97 Å². The van der Waals surface area contributed by atoms with E-state index in [0.717, 1.165) is 18.5 Å². The second-order valence-corrected chi connectivity index (χ2v) is 6.91. The summed E-state index contributed by atoms with van der Waals surface area (Å²) < 4.78 is 16.3. The number of methoxy groups -OCH3 is 1. The number of morpholine rings is 1. The Labute approximate surface area is 156 Å². The van der Waals surface area contributed by atoms with Gasteiger partial charge in [-0.1, -0.05) is 11.6 Å². The first-order valence-corrected chi connectivity index (χ1v) is 8.63. The van der Waals surface area contributed by atoms with Crippen LogP contribution in [0.5, 0.6) is 11.5 Å². The number of nitrogens with one attached hydrogen (secondary N) is 1. The fourth-order valence-electron chi connectivity index (χ4n) is 3.30. The maximum atomic E-state index is 11.3. The largest absolute Gasteiger partial charge is 0.493 e. The van der Waals surface area contributed by atoms with Gasteiger partial charge in [-0.2, -0.15) is 0 Å². The number of benzene rings is 1. The molecule has 1 unspecified atom stereocenters. The molecule has 0 bridgehead atoms. The van der Waals surface area contributed by atoms with E-state index in [9.17, 15) is 9.59 Å². The summed E-state index contributed by atoms with van der Waals surface area (Å²) in [6.45, 7) is 2.32. The third kappa shape index (κ3) is 4.20. The monoisotopic (exact) mass is 384 g/mol. The molecule has 0 aromatic heterocycles. The van der Waals surface area contributed by atoms with E-state index < -0.39 is 12.6 Å². The molecular formula is C17H21ClN2O6. The molecule has 9 heteroatoms. The van der Waals surface area contributed by atoms with E-state index in [4.69, 9.17) is 30.9 Å². The maximum absolute atomic E-state index is 11.3. The number of hydrogen-bond donors (Lipinski definition) is 2. The van der Waals surface area contributed by atoms with Gasteiger partial charge in [-0.25, -0.2) is 4.79 Å². The van der Waals surface area contributed by atoms with Gasteiger partial charge in [0, 0.05) is 26.2 Å². The highest BCUT2D eigenvalue weighted by molar-refractivity contribution is 6.32. The van der Waals surface area contributed by atoms with Crippen LogP contribution in [0.15, 0.2) is 12.1 Å². The third-order valence-corrected chi connectivity index (χ3v) is 4.83. The van der Waals surface area contributed by atoms with Crippen molar-refractivity contribution in [2.24, 2.45) is 0 Å². The van der Waals surface area contributed by atoms with Gasteiger partial charge in [0.2, 0.25) is 5.91 Å². The summed E-state index contributed by atoms with van der Waals surface area (Å²) in [6, 6.07) is 3.54. The highest BCUT2D eigenvalue weighted by atomic mass is 35.5. The number of halogens is 1. The van der Waals surface area contributed by atoms with E-state index in [0.29, 0.717) is 30.4 Å². The first-order chi connectivity index (χ1) is 12.4. The first kappa shape index (κ1) is 18.8. The van der Waals surface area contributed by atoms with Crippen molar-refractivity contribution in [2.75, 3.05) is 40.0 Å². The van der Waals surface area contributed by atoms with Gasteiger partial charge < -0.3 is 24.6 Å². The predicted octanol–water partition coefficient (Wildman–Crippen LogP) is 0.903. The molecule has 8 nitrogen and oxygen atoms in total. The standard InChI is InChI=1S/C17H21ClN2O6/c1-24-13-5-11(4-12(18)16(13)25-8-15(22)23)6-20-3-2-17(10-20)9-19-14(21)7-26-17/h4-5H,2-3,6-10H2,1H3,(H,19,21)(H,22,23). The fraction of sp³-hybridized carbons (Fsp3) is 0.529. The normalized spacial score (nSPS) is 23.1. The second-order valence-electron chi connectivity index (χ2n) is 6.50. The Morgan fingerprint density at radius 1 is 1.50 bits per heavy atom. The number of rotatable bonds is 6. The van der Waals surface area contributed by atoms with Crippen molar-refractivity contribution in [3.05, 3.63) is 22.7 Å². The first-order valence-electron chi connectivity index (χ1n) is 8.25. The molecule has 0 radical (unpaired) electrons. The van der Waals surface area contributed by atoms with E-state index in [-0.39, 0.29) is 23.9 Å². The second kappa shape index (κ2) is 7.69. The number of likely N-dealkylation sites (tertiary alicyclic amines) is 1. The molecule has 1 amide bonds. The fourth-order valence-corrected chi connectivity index (χ4v) is 3.59. The zero-order valence-electron chi connectivity index (χ0n) is 14.4. The number of hydrogen-bond acceptors (Lipinski definition) is 6. The quantitative estimate of drug-likeness (QED) is 0.752. The van der Waals surface area contributed by atoms with Crippen LogP contribution in [0.3, 0.4) is 0 Å². The summed E-state index contributed by atoms with van der Waals surface area (Å²) in [5, 5.41) is 11.9. The number of nitrogens with zero attached hydrogens (tertiary/aromatic N) is 1. The molecule has 0 saturated carbocycles. The van der Waals surface area contributed by atoms with Crippen LogP contribution in [0.4, 0.5) is 0 Å². The Morgan fingerprint density at radius 2 is 2.31 bits per heavy atom. The van der Waals surface area contributed by atoms with Crippen LogP contribution in [-0.4, -0.2) is 67.4 Å². The molecule has 0 aliphatic carbocycles. The molecule has 1 atom stereocenters. The zero-order valence-corrected chi connectivity index (χ0v) is 15.2. The summed E-state index contributed by atoms with van der Waals surface area (Å²) >= 11 is 6.25. The van der Waals surface area contributed by atoms with E-state index in [1.54, 1.807) is 12.1 Å². The zero-order chi connectivity index (χ0) is 18.7. The Hall–Kier alpha value is -2.03. The van der Waals surface area contributed by atoms with E-state index >= 15 is 0 Å². The van der Waals surface area contributed by atoms with Crippen molar-refractivity contribution >= 4 is 23.5 Å². The Morgan fingerprint density at radius 3 is 2.96 bits per heavy atom. The van der Waals surface area contributed by atoms with Gasteiger partial charge in [0.25, 0.3) is 0 Å². The molecular weight excluding hydrogens is 364 g/mol. The minimum atomic E-state index is -1.09. The number of carbonyl (C=O) groups excluding carboxylic acids is 1. The molecule has 2 N–H and O–H groups in total. The predicted molar refractivity (Wildman–Crippen MR) is 92.7 cm³/mol. The molecule has 2 saturated heterocycles. The summed E-state index contributed by atoms with van der Waals surface area (Å²) in [6.07, 6.45) is 0.845. The van der Waals surface area contributed by atoms with Crippen molar-refractivity contribution in [3.63, 3.8) is 0 Å². The summed E-state index contributed by atoms with van der Waals surface area (Å²) in [5.41, 5.74) is 0.596. The summed E-state index contributed by atoms with van der Waals surface area (Å²) in [7, 11) is 1.48. The van der Waals surface area contributed by atoms with E-state index in [1.807, 2.05) is 0 Å². The molecule has 1 aromatic carbocycles. The number of carboxylic acids is 1. The van der Waals surface area contributed by atoms with Crippen LogP contribution < -0.4 is 14.8 Å². The van der Waals surface area contributed by atoms with Crippen molar-refractivity contribution < 1.29 is 28.9 Å². The molecule has 2 heterocycles. The van der Waals surface area contributed by atoms with Crippen LogP contribution in [0.1, 0.15) is 12.0 Å². The smallest absolute Gasteiger partial charge is 0.341 e. The summed E-state index contributed by atoms with van der Waals surface area (Å²) in [4.78, 5) is 24.2. The summed E-state index contributed by atoms with van der Waals surface area (Å²) in [5.74, 6) is -0.558. The Bertz CT molecular complexity index is 701. The van der Waals surface area contributed by atoms with Crippen LogP contribution in [0, 0.1) is 0 Å². The highest BCUT2D eigenvalue weighted by Gasteiger charge is 2.42. The van der Waals surface area contributed by atoms with Gasteiger partial charge in [0.15, 0.2) is 18.1 Å². The number of carbonyl (C=O) groups is 2. The van der Waals surface area contributed by atoms with E-state index in [1.165, 1.54) is 7.11 Å². The molecule has 2 aliphatic rings. The van der Waals surface area contributed by atoms with Crippen molar-refractivity contribution in [1.82, 2.24) is 10.2 Å². The highest BCUT2D eigenvalue weighted by Crippen LogP contribution is 2.37. The Balaban J connectivity index is 1.67. The van der Waals surface area contributed by atoms with Crippen LogP contribution >= 0.6 is 11.6 Å². The SMILES string of the molecule is COc1cc(CN2CCC3(CNC(=O)CO3)C2)cc(Cl)c1OCC(=O)O. The average Bonchev–Trinajstić information content (AvgIpc) is 2.98. The van der Waals surface area contributed by atoms with Crippen molar-refractivity contribution in [1.29, 1.82) is 0 Å². The van der Waals surface area contributed by atoms with Crippen LogP contribution in [-0.2, 0) is 20.9 Å². The lowest BCUT2D eigenvalue weighted by atomic mass is 10.0. The Kier molecular flexibility index (Phi) is 5.55. The molecule has 1 aromatic rings. The topological polar surface area (TPSA) is 97.3 Å². The molecule has 3 rings (SSSR count). The molecule has 2 aliphatic heterocycles. The van der Waals surface area contributed by atoms with Gasteiger partial charge in [-0.15, -0.1) is 0 Å². The lowest BCUT2D eigenvalue weighted by Gasteiger charge is -2.33. The van der Waals surface area contributed by atoms with Gasteiger partial charge in [0.05, 0.1) is 17.7 Å². The van der Waals surface area contributed by atoms with Crippen LogP contribution in [0.25, 0.3) is 0 Å². The molecule has 2 fully saturated rings. The maximum Gasteiger partial charge on any atom is 0.341 e. The number of aliphatic carboxylic acids is 1. The van der Waals surface area contributed by atoms with Crippen molar-refractivity contribution in [3.8, 4) is 11.5 Å². The van der Waals surface area contributed by atoms with Gasteiger partial charge in [-0.3, -0.25) is 9.69 Å². The molecule has 26 heavy (non-hydrogen) atoms. The van der Waals surface area contributed by atoms with Crippen LogP contribution in [0.2, 0.25) is 5.02 Å². The number of carboxylic acid groups (broad SMARTS) is 1. The lowest BCUT2D eigenvalue weighted by Crippen LogP contribution is -2.53.